The molecular formula is C12H15FO2. The van der Waals surface area contributed by atoms with Gasteiger partial charge >= 0.3 is 0 Å². The Hall–Kier alpha value is -1.09. The van der Waals surface area contributed by atoms with E-state index in [4.69, 9.17) is 4.74 Å². The molecular weight excluding hydrogens is 195 g/mol. The maximum absolute atomic E-state index is 13.4. The third kappa shape index (κ3) is 2.12. The maximum Gasteiger partial charge on any atom is 0.165 e. The average molecular weight is 210 g/mol. The van der Waals surface area contributed by atoms with Crippen LogP contribution in [0, 0.1) is 11.7 Å². The molecule has 0 saturated heterocycles. The van der Waals surface area contributed by atoms with E-state index >= 15 is 0 Å². The lowest BCUT2D eigenvalue weighted by Crippen LogP contribution is -2.06. The summed E-state index contributed by atoms with van der Waals surface area (Å²) < 4.78 is 18.3. The fourth-order valence-electron chi connectivity index (χ4n) is 1.94. The summed E-state index contributed by atoms with van der Waals surface area (Å²) in [6, 6.07) is 4.93. The van der Waals surface area contributed by atoms with E-state index in [2.05, 4.69) is 0 Å². The summed E-state index contributed by atoms with van der Waals surface area (Å²) in [7, 11) is 1.45. The molecule has 0 spiro atoms. The van der Waals surface area contributed by atoms with E-state index in [0.717, 1.165) is 18.4 Å². The molecule has 0 aromatic heterocycles. The van der Waals surface area contributed by atoms with Crippen molar-refractivity contribution < 1.29 is 14.2 Å². The minimum absolute atomic E-state index is 0.0883. The summed E-state index contributed by atoms with van der Waals surface area (Å²) in [5.41, 5.74) is 0.873. The normalized spacial score (nSPS) is 17.5. The first kappa shape index (κ1) is 10.4. The number of ether oxygens (including phenoxy) is 1. The molecule has 0 heterocycles. The van der Waals surface area contributed by atoms with Crippen molar-refractivity contribution in [2.75, 3.05) is 13.7 Å². The number of hydrogen-bond acceptors (Lipinski definition) is 2. The zero-order chi connectivity index (χ0) is 10.8. The van der Waals surface area contributed by atoms with E-state index in [1.54, 1.807) is 6.07 Å². The van der Waals surface area contributed by atoms with Crippen molar-refractivity contribution in [2.24, 2.45) is 5.92 Å². The Labute approximate surface area is 88.7 Å². The van der Waals surface area contributed by atoms with Crippen LogP contribution in [0.25, 0.3) is 0 Å². The van der Waals surface area contributed by atoms with Crippen LogP contribution < -0.4 is 4.74 Å². The third-order valence-electron chi connectivity index (χ3n) is 2.99. The van der Waals surface area contributed by atoms with Crippen LogP contribution >= 0.6 is 0 Å². The van der Waals surface area contributed by atoms with E-state index in [9.17, 15) is 9.50 Å². The van der Waals surface area contributed by atoms with E-state index in [-0.39, 0.29) is 24.1 Å². The molecule has 0 radical (unpaired) electrons. The molecule has 1 aromatic rings. The second-order valence-electron chi connectivity index (χ2n) is 4.02. The van der Waals surface area contributed by atoms with Crippen molar-refractivity contribution in [3.05, 3.63) is 29.6 Å². The lowest BCUT2D eigenvalue weighted by Gasteiger charge is -2.14. The highest BCUT2D eigenvalue weighted by atomic mass is 19.1. The molecule has 2 rings (SSSR count). The zero-order valence-electron chi connectivity index (χ0n) is 8.74. The number of aliphatic hydroxyl groups is 1. The zero-order valence-corrected chi connectivity index (χ0v) is 8.74. The molecule has 1 atom stereocenters. The molecule has 15 heavy (non-hydrogen) atoms. The smallest absolute Gasteiger partial charge is 0.165 e. The number of aliphatic hydroxyl groups excluding tert-OH is 1. The van der Waals surface area contributed by atoms with E-state index in [1.807, 2.05) is 6.07 Å². The van der Waals surface area contributed by atoms with Crippen LogP contribution in [-0.2, 0) is 0 Å². The van der Waals surface area contributed by atoms with Gasteiger partial charge in [-0.2, -0.15) is 0 Å². The van der Waals surface area contributed by atoms with Crippen LogP contribution in [0.3, 0.4) is 0 Å². The largest absolute Gasteiger partial charge is 0.494 e. The van der Waals surface area contributed by atoms with Crippen LogP contribution in [-0.4, -0.2) is 18.8 Å². The molecule has 2 nitrogen and oxygen atoms in total. The van der Waals surface area contributed by atoms with Crippen LogP contribution in [0.1, 0.15) is 24.3 Å². The van der Waals surface area contributed by atoms with Crippen LogP contribution in [0.2, 0.25) is 0 Å². The number of halogens is 1. The number of benzene rings is 1. The molecule has 0 aliphatic heterocycles. The Kier molecular flexibility index (Phi) is 2.91. The minimum Gasteiger partial charge on any atom is -0.494 e. The molecule has 1 unspecified atom stereocenters. The first-order chi connectivity index (χ1) is 7.26. The summed E-state index contributed by atoms with van der Waals surface area (Å²) >= 11 is 0. The van der Waals surface area contributed by atoms with Gasteiger partial charge in [-0.05, 0) is 36.5 Å². The molecule has 1 aromatic carbocycles. The van der Waals surface area contributed by atoms with Crippen LogP contribution in [0.4, 0.5) is 4.39 Å². The minimum atomic E-state index is -0.353. The Morgan fingerprint density at radius 1 is 1.53 bits per heavy atom. The molecule has 1 aliphatic rings. The number of methoxy groups -OCH3 is 1. The van der Waals surface area contributed by atoms with Crippen LogP contribution in [0.5, 0.6) is 5.75 Å². The summed E-state index contributed by atoms with van der Waals surface area (Å²) in [6.45, 7) is 0.0937. The second-order valence-corrected chi connectivity index (χ2v) is 4.02. The number of hydrogen-bond donors (Lipinski definition) is 1. The molecule has 1 N–H and O–H groups in total. The Bertz CT molecular complexity index is 347. The first-order valence-electron chi connectivity index (χ1n) is 5.20. The van der Waals surface area contributed by atoms with E-state index < -0.39 is 0 Å². The topological polar surface area (TPSA) is 29.5 Å². The molecule has 0 bridgehead atoms. The predicted octanol–water partition coefficient (Wildman–Crippen LogP) is 2.32. The maximum atomic E-state index is 13.4. The van der Waals surface area contributed by atoms with Gasteiger partial charge in [0.15, 0.2) is 11.6 Å². The molecule has 1 aliphatic carbocycles. The SMILES string of the molecule is COc1ccc(C(CO)C2CC2)cc1F. The van der Waals surface area contributed by atoms with E-state index in [0.29, 0.717) is 5.92 Å². The molecule has 1 saturated carbocycles. The average Bonchev–Trinajstić information content (AvgIpc) is 3.03. The highest BCUT2D eigenvalue weighted by molar-refractivity contribution is 5.32. The van der Waals surface area contributed by atoms with Gasteiger partial charge in [-0.25, -0.2) is 4.39 Å². The third-order valence-corrected chi connectivity index (χ3v) is 2.99. The van der Waals surface area contributed by atoms with Crippen molar-refractivity contribution in [1.82, 2.24) is 0 Å². The predicted molar refractivity (Wildman–Crippen MR) is 55.5 cm³/mol. The van der Waals surface area contributed by atoms with Gasteiger partial charge in [0.25, 0.3) is 0 Å². The highest BCUT2D eigenvalue weighted by Gasteiger charge is 2.32. The van der Waals surface area contributed by atoms with Gasteiger partial charge in [-0.1, -0.05) is 6.07 Å². The summed E-state index contributed by atoms with van der Waals surface area (Å²) in [6.07, 6.45) is 2.28. The van der Waals surface area contributed by atoms with Gasteiger partial charge in [0, 0.05) is 5.92 Å². The second kappa shape index (κ2) is 4.19. The van der Waals surface area contributed by atoms with Gasteiger partial charge in [-0.3, -0.25) is 0 Å². The fourth-order valence-corrected chi connectivity index (χ4v) is 1.94. The molecule has 82 valence electrons. The van der Waals surface area contributed by atoms with Crippen molar-refractivity contribution in [2.45, 2.75) is 18.8 Å². The monoisotopic (exact) mass is 210 g/mol. The summed E-state index contributed by atoms with van der Waals surface area (Å²) in [5.74, 6) is 0.522. The summed E-state index contributed by atoms with van der Waals surface area (Å²) in [4.78, 5) is 0. The van der Waals surface area contributed by atoms with Gasteiger partial charge < -0.3 is 9.84 Å². The first-order valence-corrected chi connectivity index (χ1v) is 5.20. The van der Waals surface area contributed by atoms with Crippen LogP contribution in [0.15, 0.2) is 18.2 Å². The molecule has 3 heteroatoms. The van der Waals surface area contributed by atoms with Gasteiger partial charge in [0.2, 0.25) is 0 Å². The number of rotatable bonds is 4. The fraction of sp³-hybridized carbons (Fsp3) is 0.500. The van der Waals surface area contributed by atoms with Crippen molar-refractivity contribution in [1.29, 1.82) is 0 Å². The van der Waals surface area contributed by atoms with E-state index in [1.165, 1.54) is 13.2 Å². The quantitative estimate of drug-likeness (QED) is 0.826. The summed E-state index contributed by atoms with van der Waals surface area (Å²) in [5, 5.41) is 9.25. The standard InChI is InChI=1S/C12H15FO2/c1-15-12-5-4-9(6-11(12)13)10(7-14)8-2-3-8/h4-6,8,10,14H,2-3,7H2,1H3. The molecule has 1 fully saturated rings. The Morgan fingerprint density at radius 2 is 2.27 bits per heavy atom. The van der Waals surface area contributed by atoms with Crippen molar-refractivity contribution in [3.8, 4) is 5.75 Å². The van der Waals surface area contributed by atoms with Gasteiger partial charge in [0.05, 0.1) is 13.7 Å². The highest BCUT2D eigenvalue weighted by Crippen LogP contribution is 2.42. The lowest BCUT2D eigenvalue weighted by atomic mass is 9.95. The lowest BCUT2D eigenvalue weighted by molar-refractivity contribution is 0.252. The van der Waals surface area contributed by atoms with Crippen molar-refractivity contribution in [3.63, 3.8) is 0 Å². The van der Waals surface area contributed by atoms with Crippen molar-refractivity contribution >= 4 is 0 Å². The van der Waals surface area contributed by atoms with Gasteiger partial charge in [-0.15, -0.1) is 0 Å². The van der Waals surface area contributed by atoms with Gasteiger partial charge in [0.1, 0.15) is 0 Å². The molecule has 0 amide bonds. The Morgan fingerprint density at radius 3 is 2.73 bits per heavy atom. The Balaban J connectivity index is 2.23.